The molecule has 0 aliphatic heterocycles. The van der Waals surface area contributed by atoms with Crippen molar-refractivity contribution in [2.45, 2.75) is 40.3 Å². The summed E-state index contributed by atoms with van der Waals surface area (Å²) >= 11 is 0. The molecule has 0 spiro atoms. The molecule has 8 heteroatoms. The van der Waals surface area contributed by atoms with Crippen molar-refractivity contribution in [1.29, 1.82) is 0 Å². The van der Waals surface area contributed by atoms with Crippen LogP contribution in [0.15, 0.2) is 12.1 Å². The molecule has 0 saturated heterocycles. The van der Waals surface area contributed by atoms with E-state index in [1.54, 1.807) is 6.92 Å². The van der Waals surface area contributed by atoms with Crippen LogP contribution in [0.5, 0.6) is 0 Å². The minimum atomic E-state index is -0.469. The summed E-state index contributed by atoms with van der Waals surface area (Å²) in [6.07, 6.45) is 0.149. The second kappa shape index (κ2) is 16.8. The van der Waals surface area contributed by atoms with E-state index in [0.29, 0.717) is 18.6 Å². The largest absolute Gasteiger partial charge is 0.392 e. The van der Waals surface area contributed by atoms with Crippen LogP contribution in [0.1, 0.15) is 32.0 Å². The molecule has 1 heterocycles. The lowest BCUT2D eigenvalue weighted by molar-refractivity contribution is -0.121. The Bertz CT molecular complexity index is 481. The minimum Gasteiger partial charge on any atom is -0.392 e. The molecule has 1 aromatic heterocycles. The van der Waals surface area contributed by atoms with Gasteiger partial charge in [0.2, 0.25) is 5.91 Å². The van der Waals surface area contributed by atoms with Crippen LogP contribution in [0.3, 0.4) is 0 Å². The number of hydrogen-bond acceptors (Lipinski definition) is 7. The average Bonchev–Trinajstić information content (AvgIpc) is 2.58. The average molecular weight is 355 g/mol. The Morgan fingerprint density at radius 2 is 2.04 bits per heavy atom. The highest BCUT2D eigenvalue weighted by Gasteiger charge is 2.00. The minimum absolute atomic E-state index is 0.0369. The molecular weight excluding hydrogens is 322 g/mol. The molecule has 0 saturated carbocycles. The van der Waals surface area contributed by atoms with Gasteiger partial charge in [0.15, 0.2) is 0 Å². The number of hydrogen-bond donors (Lipinski definition) is 5. The molecule has 1 rings (SSSR count). The van der Waals surface area contributed by atoms with Crippen molar-refractivity contribution in [2.75, 3.05) is 32.4 Å². The van der Waals surface area contributed by atoms with Gasteiger partial charge >= 0.3 is 0 Å². The molecule has 6 N–H and O–H groups in total. The van der Waals surface area contributed by atoms with E-state index < -0.39 is 6.10 Å². The summed E-state index contributed by atoms with van der Waals surface area (Å²) in [5.74, 6) is 0.338. The van der Waals surface area contributed by atoms with Crippen molar-refractivity contribution >= 4 is 18.0 Å². The Morgan fingerprint density at radius 1 is 1.40 bits per heavy atom. The summed E-state index contributed by atoms with van der Waals surface area (Å²) < 4.78 is 0. The third-order valence-corrected chi connectivity index (χ3v) is 2.69. The van der Waals surface area contributed by atoms with Gasteiger partial charge in [0, 0.05) is 18.8 Å². The molecule has 0 aliphatic carbocycles. The van der Waals surface area contributed by atoms with Gasteiger partial charge in [-0.3, -0.25) is 4.79 Å². The molecule has 144 valence electrons. The Kier molecular flexibility index (Phi) is 17.0. The normalized spacial score (nSPS) is 10.5. The quantitative estimate of drug-likeness (QED) is 0.415. The van der Waals surface area contributed by atoms with Crippen molar-refractivity contribution in [3.05, 3.63) is 23.4 Å². The van der Waals surface area contributed by atoms with Gasteiger partial charge in [0.1, 0.15) is 12.1 Å². The highest BCUT2D eigenvalue weighted by atomic mass is 16.3. The molecule has 0 fully saturated rings. The van der Waals surface area contributed by atoms with Crippen molar-refractivity contribution < 1.29 is 14.7 Å². The van der Waals surface area contributed by atoms with Crippen LogP contribution in [0.2, 0.25) is 0 Å². The van der Waals surface area contributed by atoms with Gasteiger partial charge in [-0.2, -0.15) is 0 Å². The molecule has 1 unspecified atom stereocenters. The lowest BCUT2D eigenvalue weighted by atomic mass is 10.2. The van der Waals surface area contributed by atoms with Crippen LogP contribution >= 0.6 is 0 Å². The highest BCUT2D eigenvalue weighted by Crippen LogP contribution is 2.06. The van der Waals surface area contributed by atoms with Gasteiger partial charge < -0.3 is 31.6 Å². The number of carbonyl (C=O) groups excluding carboxylic acids is 2. The Balaban J connectivity index is 0. The van der Waals surface area contributed by atoms with E-state index in [-0.39, 0.29) is 19.0 Å². The molecule has 1 aromatic rings. The van der Waals surface area contributed by atoms with E-state index in [2.05, 4.69) is 20.9 Å². The number of aliphatic hydroxyl groups excluding tert-OH is 1. The van der Waals surface area contributed by atoms with Crippen LogP contribution in [-0.4, -0.2) is 55.1 Å². The lowest BCUT2D eigenvalue weighted by Crippen LogP contribution is -2.37. The van der Waals surface area contributed by atoms with E-state index >= 15 is 0 Å². The molecular formula is C17H33N5O3. The lowest BCUT2D eigenvalue weighted by Gasteiger charge is -2.05. The third-order valence-electron chi connectivity index (χ3n) is 2.69. The monoisotopic (exact) mass is 355 g/mol. The zero-order valence-corrected chi connectivity index (χ0v) is 15.9. The number of pyridine rings is 1. The Labute approximate surface area is 150 Å². The SMILES string of the molecule is CC.CC(O)CNCC(=O)NCC=O.CNCc1ccc(N)nc1C. The fraction of sp³-hybridized carbons (Fsp3) is 0.588. The van der Waals surface area contributed by atoms with Crippen LogP contribution in [0, 0.1) is 6.92 Å². The van der Waals surface area contributed by atoms with Crippen LogP contribution in [0.25, 0.3) is 0 Å². The number of nitrogen functional groups attached to an aromatic ring is 1. The summed E-state index contributed by atoms with van der Waals surface area (Å²) in [5.41, 5.74) is 7.69. The standard InChI is InChI=1S/C8H13N3.C7H14N2O3.C2H6/c1-6-7(5-10-2)3-4-8(9)11-6;1-6(11)4-8-5-7(12)9-2-3-10;1-2/h3-4,10H,5H2,1-2H3,(H2,9,11);3,6,8,11H,2,4-5H2,1H3,(H,9,12);1-2H3. The van der Waals surface area contributed by atoms with Gasteiger partial charge in [-0.05, 0) is 32.5 Å². The third kappa shape index (κ3) is 15.2. The Hall–Kier alpha value is -2.03. The number of aldehydes is 1. The molecule has 0 radical (unpaired) electrons. The maximum Gasteiger partial charge on any atom is 0.234 e. The van der Waals surface area contributed by atoms with Crippen molar-refractivity contribution in [3.63, 3.8) is 0 Å². The summed E-state index contributed by atoms with van der Waals surface area (Å²) in [6, 6.07) is 3.81. The first-order chi connectivity index (χ1) is 11.9. The fourth-order valence-corrected chi connectivity index (χ4v) is 1.60. The number of rotatable bonds is 8. The number of aromatic nitrogens is 1. The molecule has 0 aliphatic rings. The first-order valence-corrected chi connectivity index (χ1v) is 8.36. The first kappa shape index (κ1) is 25.2. The summed E-state index contributed by atoms with van der Waals surface area (Å²) in [6.45, 7) is 8.96. The molecule has 1 atom stereocenters. The van der Waals surface area contributed by atoms with E-state index in [4.69, 9.17) is 10.8 Å². The number of carbonyl (C=O) groups is 2. The maximum atomic E-state index is 10.8. The zero-order valence-electron chi connectivity index (χ0n) is 15.9. The number of nitrogens with zero attached hydrogens (tertiary/aromatic N) is 1. The van der Waals surface area contributed by atoms with E-state index in [0.717, 1.165) is 12.2 Å². The fourth-order valence-electron chi connectivity index (χ4n) is 1.60. The Morgan fingerprint density at radius 3 is 2.52 bits per heavy atom. The second-order valence-electron chi connectivity index (χ2n) is 4.96. The number of anilines is 1. The predicted molar refractivity (Wildman–Crippen MR) is 101 cm³/mol. The number of aliphatic hydroxyl groups is 1. The first-order valence-electron chi connectivity index (χ1n) is 8.36. The molecule has 8 nitrogen and oxygen atoms in total. The number of nitrogens with one attached hydrogen (secondary N) is 3. The second-order valence-corrected chi connectivity index (χ2v) is 4.96. The van der Waals surface area contributed by atoms with Gasteiger partial charge in [0.25, 0.3) is 0 Å². The highest BCUT2D eigenvalue weighted by molar-refractivity contribution is 5.80. The predicted octanol–water partition coefficient (Wildman–Crippen LogP) is -0.0103. The van der Waals surface area contributed by atoms with Crippen LogP contribution in [0.4, 0.5) is 5.82 Å². The number of aryl methyl sites for hydroxylation is 1. The molecule has 1 amide bonds. The van der Waals surface area contributed by atoms with Crippen LogP contribution < -0.4 is 21.7 Å². The van der Waals surface area contributed by atoms with E-state index in [1.807, 2.05) is 40.0 Å². The van der Waals surface area contributed by atoms with Gasteiger partial charge in [-0.1, -0.05) is 19.9 Å². The van der Waals surface area contributed by atoms with Crippen LogP contribution in [-0.2, 0) is 16.1 Å². The smallest absolute Gasteiger partial charge is 0.234 e. The van der Waals surface area contributed by atoms with Crippen molar-refractivity contribution in [1.82, 2.24) is 20.9 Å². The van der Waals surface area contributed by atoms with Crippen molar-refractivity contribution in [2.24, 2.45) is 0 Å². The topological polar surface area (TPSA) is 129 Å². The number of nitrogens with two attached hydrogens (primary N) is 1. The molecule has 0 bridgehead atoms. The van der Waals surface area contributed by atoms with Crippen molar-refractivity contribution in [3.8, 4) is 0 Å². The summed E-state index contributed by atoms with van der Waals surface area (Å²) in [5, 5.41) is 16.9. The summed E-state index contributed by atoms with van der Waals surface area (Å²) in [7, 11) is 1.91. The van der Waals surface area contributed by atoms with Gasteiger partial charge in [-0.15, -0.1) is 0 Å². The maximum absolute atomic E-state index is 10.8. The number of amides is 1. The van der Waals surface area contributed by atoms with E-state index in [1.165, 1.54) is 5.56 Å². The molecule has 0 aromatic carbocycles. The summed E-state index contributed by atoms with van der Waals surface area (Å²) in [4.78, 5) is 24.7. The van der Waals surface area contributed by atoms with Gasteiger partial charge in [-0.25, -0.2) is 4.98 Å². The van der Waals surface area contributed by atoms with E-state index in [9.17, 15) is 9.59 Å². The molecule has 25 heavy (non-hydrogen) atoms. The zero-order chi connectivity index (χ0) is 19.7. The van der Waals surface area contributed by atoms with Gasteiger partial charge in [0.05, 0.1) is 19.2 Å².